The van der Waals surface area contributed by atoms with Crippen molar-refractivity contribution in [3.8, 4) is 0 Å². The number of carbonyl (C=O) groups is 1. The van der Waals surface area contributed by atoms with Crippen LogP contribution in [0.3, 0.4) is 0 Å². The summed E-state index contributed by atoms with van der Waals surface area (Å²) >= 11 is 5.85. The molecule has 1 amide bonds. The Kier molecular flexibility index (Phi) is 4.76. The first kappa shape index (κ1) is 13.0. The molecule has 1 heterocycles. The van der Waals surface area contributed by atoms with Crippen molar-refractivity contribution in [1.29, 1.82) is 0 Å². The van der Waals surface area contributed by atoms with Crippen LogP contribution in [0.2, 0.25) is 5.02 Å². The summed E-state index contributed by atoms with van der Waals surface area (Å²) in [5, 5.41) is 7.10. The van der Waals surface area contributed by atoms with E-state index in [0.717, 1.165) is 13.0 Å². The van der Waals surface area contributed by atoms with Gasteiger partial charge in [-0.3, -0.25) is 9.48 Å². The molecular formula is C10H17ClN4O. The lowest BCUT2D eigenvalue weighted by Gasteiger charge is -2.10. The number of amides is 1. The van der Waals surface area contributed by atoms with Gasteiger partial charge in [0.25, 0.3) is 5.91 Å². The summed E-state index contributed by atoms with van der Waals surface area (Å²) in [7, 11) is 5.69. The molecule has 0 aromatic carbocycles. The van der Waals surface area contributed by atoms with Crippen LogP contribution in [-0.2, 0) is 7.05 Å². The van der Waals surface area contributed by atoms with E-state index in [2.05, 4.69) is 15.3 Å². The molecule has 0 saturated carbocycles. The predicted molar refractivity (Wildman–Crippen MR) is 63.7 cm³/mol. The van der Waals surface area contributed by atoms with Gasteiger partial charge < -0.3 is 10.2 Å². The third kappa shape index (κ3) is 3.50. The van der Waals surface area contributed by atoms with Gasteiger partial charge in [0, 0.05) is 13.6 Å². The van der Waals surface area contributed by atoms with Gasteiger partial charge in [-0.25, -0.2) is 0 Å². The molecule has 1 N–H and O–H groups in total. The minimum atomic E-state index is -0.177. The first-order valence-electron chi connectivity index (χ1n) is 5.13. The number of hydrogen-bond acceptors (Lipinski definition) is 3. The Morgan fingerprint density at radius 3 is 2.81 bits per heavy atom. The quantitative estimate of drug-likeness (QED) is 0.778. The van der Waals surface area contributed by atoms with Crippen LogP contribution >= 0.6 is 11.6 Å². The molecule has 0 unspecified atom stereocenters. The molecule has 90 valence electrons. The zero-order valence-electron chi connectivity index (χ0n) is 9.83. The van der Waals surface area contributed by atoms with Crippen molar-refractivity contribution in [2.45, 2.75) is 6.42 Å². The van der Waals surface area contributed by atoms with Crippen molar-refractivity contribution in [2.24, 2.45) is 7.05 Å². The Balaban J connectivity index is 2.41. The van der Waals surface area contributed by atoms with Gasteiger partial charge in [-0.15, -0.1) is 0 Å². The average molecular weight is 245 g/mol. The van der Waals surface area contributed by atoms with E-state index in [4.69, 9.17) is 11.6 Å². The molecule has 0 aliphatic rings. The molecule has 16 heavy (non-hydrogen) atoms. The van der Waals surface area contributed by atoms with E-state index in [0.29, 0.717) is 17.3 Å². The van der Waals surface area contributed by atoms with E-state index in [1.54, 1.807) is 7.05 Å². The summed E-state index contributed by atoms with van der Waals surface area (Å²) in [6.45, 7) is 1.58. The van der Waals surface area contributed by atoms with Crippen LogP contribution in [0.15, 0.2) is 6.20 Å². The first-order chi connectivity index (χ1) is 7.52. The molecule has 0 spiro atoms. The maximum absolute atomic E-state index is 11.7. The zero-order chi connectivity index (χ0) is 12.1. The minimum Gasteiger partial charge on any atom is -0.351 e. The molecule has 0 aliphatic carbocycles. The Morgan fingerprint density at radius 2 is 2.31 bits per heavy atom. The lowest BCUT2D eigenvalue weighted by atomic mass is 10.3. The molecule has 0 bridgehead atoms. The molecule has 6 heteroatoms. The number of hydrogen-bond donors (Lipinski definition) is 1. The van der Waals surface area contributed by atoms with Gasteiger partial charge >= 0.3 is 0 Å². The van der Waals surface area contributed by atoms with E-state index in [1.807, 2.05) is 14.1 Å². The minimum absolute atomic E-state index is 0.177. The van der Waals surface area contributed by atoms with E-state index in [1.165, 1.54) is 10.9 Å². The molecule has 0 atom stereocenters. The Hall–Kier alpha value is -1.07. The summed E-state index contributed by atoms with van der Waals surface area (Å²) in [6.07, 6.45) is 2.38. The fraction of sp³-hybridized carbons (Fsp3) is 0.600. The highest BCUT2D eigenvalue weighted by molar-refractivity contribution is 6.33. The topological polar surface area (TPSA) is 50.2 Å². The second-order valence-electron chi connectivity index (χ2n) is 3.88. The number of halogens is 1. The van der Waals surface area contributed by atoms with Gasteiger partial charge in [0.1, 0.15) is 5.69 Å². The Bertz CT molecular complexity index is 342. The molecule has 1 aromatic heterocycles. The van der Waals surface area contributed by atoms with Gasteiger partial charge in [-0.2, -0.15) is 5.10 Å². The molecule has 1 aromatic rings. The highest BCUT2D eigenvalue weighted by Crippen LogP contribution is 2.13. The lowest BCUT2D eigenvalue weighted by molar-refractivity contribution is 0.0943. The molecule has 0 radical (unpaired) electrons. The SMILES string of the molecule is CN(C)CCCNC(=O)c1c(Cl)cnn1C. The maximum atomic E-state index is 11.7. The van der Waals surface area contributed by atoms with Gasteiger partial charge in [-0.1, -0.05) is 11.6 Å². The van der Waals surface area contributed by atoms with Crippen molar-refractivity contribution >= 4 is 17.5 Å². The fourth-order valence-electron chi connectivity index (χ4n) is 1.35. The summed E-state index contributed by atoms with van der Waals surface area (Å²) in [5.41, 5.74) is 0.409. The third-order valence-corrected chi connectivity index (χ3v) is 2.45. The predicted octanol–water partition coefficient (Wildman–Crippen LogP) is 0.755. The van der Waals surface area contributed by atoms with Crippen LogP contribution in [0, 0.1) is 0 Å². The molecule has 0 saturated heterocycles. The van der Waals surface area contributed by atoms with Crippen LogP contribution in [0.1, 0.15) is 16.9 Å². The fourth-order valence-corrected chi connectivity index (χ4v) is 1.60. The number of rotatable bonds is 5. The second-order valence-corrected chi connectivity index (χ2v) is 4.28. The van der Waals surface area contributed by atoms with Crippen LogP contribution in [0.25, 0.3) is 0 Å². The van der Waals surface area contributed by atoms with Crippen LogP contribution < -0.4 is 5.32 Å². The second kappa shape index (κ2) is 5.86. The third-order valence-electron chi connectivity index (χ3n) is 2.18. The number of aromatic nitrogens is 2. The Labute approximate surface area is 100 Å². The normalized spacial score (nSPS) is 10.8. The molecule has 5 nitrogen and oxygen atoms in total. The van der Waals surface area contributed by atoms with Crippen LogP contribution in [0.4, 0.5) is 0 Å². The van der Waals surface area contributed by atoms with E-state index >= 15 is 0 Å². The smallest absolute Gasteiger partial charge is 0.271 e. The summed E-state index contributed by atoms with van der Waals surface area (Å²) in [4.78, 5) is 13.8. The van der Waals surface area contributed by atoms with Crippen molar-refractivity contribution in [2.75, 3.05) is 27.2 Å². The first-order valence-corrected chi connectivity index (χ1v) is 5.50. The number of nitrogens with one attached hydrogen (secondary N) is 1. The Morgan fingerprint density at radius 1 is 1.62 bits per heavy atom. The van der Waals surface area contributed by atoms with E-state index in [9.17, 15) is 4.79 Å². The van der Waals surface area contributed by atoms with Gasteiger partial charge in [0.15, 0.2) is 0 Å². The lowest BCUT2D eigenvalue weighted by Crippen LogP contribution is -2.28. The highest BCUT2D eigenvalue weighted by atomic mass is 35.5. The molecule has 1 rings (SSSR count). The van der Waals surface area contributed by atoms with E-state index in [-0.39, 0.29) is 5.91 Å². The van der Waals surface area contributed by atoms with Gasteiger partial charge in [-0.05, 0) is 27.1 Å². The maximum Gasteiger partial charge on any atom is 0.271 e. The highest BCUT2D eigenvalue weighted by Gasteiger charge is 2.14. The monoisotopic (exact) mass is 244 g/mol. The van der Waals surface area contributed by atoms with Crippen LogP contribution in [0.5, 0.6) is 0 Å². The molecule has 0 aliphatic heterocycles. The standard InChI is InChI=1S/C10H17ClN4O/c1-14(2)6-4-5-12-10(16)9-8(11)7-13-15(9)3/h7H,4-6H2,1-3H3,(H,12,16). The van der Waals surface area contributed by atoms with Crippen LogP contribution in [-0.4, -0.2) is 47.8 Å². The number of carbonyl (C=O) groups excluding carboxylic acids is 1. The van der Waals surface area contributed by atoms with Crippen molar-refractivity contribution in [1.82, 2.24) is 20.0 Å². The molecule has 0 fully saturated rings. The van der Waals surface area contributed by atoms with Crippen molar-refractivity contribution < 1.29 is 4.79 Å². The van der Waals surface area contributed by atoms with Gasteiger partial charge in [0.2, 0.25) is 0 Å². The zero-order valence-corrected chi connectivity index (χ0v) is 10.6. The number of nitrogens with zero attached hydrogens (tertiary/aromatic N) is 3. The van der Waals surface area contributed by atoms with E-state index < -0.39 is 0 Å². The summed E-state index contributed by atoms with van der Waals surface area (Å²) in [5.74, 6) is -0.177. The summed E-state index contributed by atoms with van der Waals surface area (Å²) in [6, 6.07) is 0. The number of aryl methyl sites for hydroxylation is 1. The average Bonchev–Trinajstić information content (AvgIpc) is 2.53. The van der Waals surface area contributed by atoms with Crippen molar-refractivity contribution in [3.05, 3.63) is 16.9 Å². The van der Waals surface area contributed by atoms with Gasteiger partial charge in [0.05, 0.1) is 11.2 Å². The summed E-state index contributed by atoms with van der Waals surface area (Å²) < 4.78 is 1.48. The molecular weight excluding hydrogens is 228 g/mol. The largest absolute Gasteiger partial charge is 0.351 e. The van der Waals surface area contributed by atoms with Crippen molar-refractivity contribution in [3.63, 3.8) is 0 Å².